The van der Waals surface area contributed by atoms with Gasteiger partial charge in [0.15, 0.2) is 11.5 Å². The summed E-state index contributed by atoms with van der Waals surface area (Å²) in [5, 5.41) is 0. The third-order valence-electron chi connectivity index (χ3n) is 11.4. The Morgan fingerprint density at radius 3 is 1.14 bits per heavy atom. The molecule has 0 N–H and O–H groups in total. The zero-order valence-corrected chi connectivity index (χ0v) is 47.6. The van der Waals surface area contributed by atoms with Gasteiger partial charge >= 0.3 is 23.1 Å². The Hall–Kier alpha value is -2.99. The summed E-state index contributed by atoms with van der Waals surface area (Å²) in [6, 6.07) is 0. The first-order valence-electron chi connectivity index (χ1n) is 24.0. The number of hydrogen-bond donors (Lipinski definition) is 0. The van der Waals surface area contributed by atoms with Crippen LogP contribution in [0.2, 0.25) is 0 Å². The molecule has 0 heterocycles. The molecule has 0 fully saturated rings. The van der Waals surface area contributed by atoms with Crippen molar-refractivity contribution in [1.82, 2.24) is 0 Å². The maximum atomic E-state index is 5.66. The molecule has 0 atom stereocenters. The van der Waals surface area contributed by atoms with Crippen LogP contribution >= 0.6 is 0 Å². The van der Waals surface area contributed by atoms with E-state index in [1.807, 2.05) is 13.0 Å². The third kappa shape index (κ3) is 34.0. The Balaban J connectivity index is -0.000000439. The molecule has 0 aromatic heterocycles. The van der Waals surface area contributed by atoms with E-state index in [0.717, 1.165) is 43.2 Å². The van der Waals surface area contributed by atoms with Gasteiger partial charge in [0.1, 0.15) is 0 Å². The summed E-state index contributed by atoms with van der Waals surface area (Å²) < 4.78 is 22.3. The molecule has 1 aromatic rings. The molecule has 0 aliphatic carbocycles. The summed E-state index contributed by atoms with van der Waals surface area (Å²) in [6.07, 6.45) is 38.9. The number of allylic oxidation sites excluding steroid dienone is 18. The van der Waals surface area contributed by atoms with Crippen LogP contribution in [0, 0.1) is 13.8 Å². The maximum absolute atomic E-state index is 5.66. The standard InChI is InChI=1S/C23H36O4.C20H33.C16H28.ClH.Mg/c1-9-11-16(2)12-10-13-17(3)14-15-19-18(4)20(24-5)22(26-7)23(27-8)21(19)25-6;1-7-18(4)12-9-14-20(6)16-10-15-19(5)13-8-11-17(2)3;1-6-14(3)10-8-12-16(5)13-9-11-15(4)7-2;;/h12,14H,9-11,13,15H2,1-8H3;7,11,14-15H,1,8-10,12-13,16H2,2-6H3;6,11-12H,7-10,13H2,1-5H3;1H;/q;-1;;;+2/p-1/b16-12+,17-14+;18-7+,19-15+,20-14+;14-6+,15-11+,16-12+;;. The van der Waals surface area contributed by atoms with Gasteiger partial charge < -0.3 is 31.4 Å². The largest absolute Gasteiger partial charge is 2.00 e. The van der Waals surface area contributed by atoms with Crippen molar-refractivity contribution < 1.29 is 31.4 Å². The van der Waals surface area contributed by atoms with E-state index in [1.165, 1.54) is 121 Å². The second-order valence-electron chi connectivity index (χ2n) is 17.5. The van der Waals surface area contributed by atoms with Crippen LogP contribution in [-0.4, -0.2) is 51.5 Å². The molecule has 0 amide bonds. The smallest absolute Gasteiger partial charge is 1.00 e. The SMILES string of the molecule is C/C=C(\C)CC/C=C(\C)CC/C=C(\C)CC.CCC/C(C)=C/CC/C(C)=C/Cc1c(C)c(OC)c(OC)c(OC)c1OC.[CH2-]/C=C(\C)CC/C=C(\C)CC/C=C(\C)CCC=C(C)C.[Cl-].[Mg+2]. The van der Waals surface area contributed by atoms with Gasteiger partial charge in [0.2, 0.25) is 11.5 Å². The minimum Gasteiger partial charge on any atom is -1.00 e. The second kappa shape index (κ2) is 43.6. The fourth-order valence-electron chi connectivity index (χ4n) is 6.79. The van der Waals surface area contributed by atoms with Gasteiger partial charge in [-0.15, -0.1) is 6.92 Å². The number of hydrogen-bond acceptors (Lipinski definition) is 4. The fraction of sp³-hybridized carbons (Fsp3) is 0.576. The van der Waals surface area contributed by atoms with E-state index in [0.29, 0.717) is 23.0 Å². The van der Waals surface area contributed by atoms with Crippen LogP contribution in [0.1, 0.15) is 197 Å². The molecule has 1 rings (SSSR count). The van der Waals surface area contributed by atoms with Crippen LogP contribution in [0.3, 0.4) is 0 Å². The molecule has 0 saturated carbocycles. The van der Waals surface area contributed by atoms with Crippen LogP contribution in [0.15, 0.2) is 105 Å². The first-order chi connectivity index (χ1) is 30.0. The van der Waals surface area contributed by atoms with Gasteiger partial charge in [-0.05, 0) is 166 Å². The molecule has 0 bridgehead atoms. The molecular formula is C59H97ClMgO4. The normalized spacial score (nSPS) is 12.8. The number of ether oxygens (including phenoxy) is 4. The fourth-order valence-corrected chi connectivity index (χ4v) is 6.79. The molecule has 0 aliphatic heterocycles. The van der Waals surface area contributed by atoms with Gasteiger partial charge in [-0.1, -0.05) is 120 Å². The van der Waals surface area contributed by atoms with Crippen LogP contribution in [0.5, 0.6) is 23.0 Å². The number of benzene rings is 1. The van der Waals surface area contributed by atoms with Crippen LogP contribution in [-0.2, 0) is 6.42 Å². The zero-order chi connectivity index (χ0) is 48.2. The Kier molecular flexibility index (Phi) is 46.0. The summed E-state index contributed by atoms with van der Waals surface area (Å²) in [6.45, 7) is 34.4. The summed E-state index contributed by atoms with van der Waals surface area (Å²) >= 11 is 0. The molecule has 0 saturated heterocycles. The molecule has 0 aliphatic rings. The average molecular weight is 930 g/mol. The van der Waals surface area contributed by atoms with E-state index in [1.54, 1.807) is 28.4 Å². The number of halogens is 1. The predicted molar refractivity (Wildman–Crippen MR) is 288 cm³/mol. The molecule has 0 unspecified atom stereocenters. The van der Waals surface area contributed by atoms with Crippen LogP contribution in [0.4, 0.5) is 0 Å². The first kappa shape index (κ1) is 68.6. The van der Waals surface area contributed by atoms with Gasteiger partial charge in [-0.3, -0.25) is 0 Å². The third-order valence-corrected chi connectivity index (χ3v) is 11.4. The summed E-state index contributed by atoms with van der Waals surface area (Å²) in [7, 11) is 6.53. The molecule has 4 nitrogen and oxygen atoms in total. The minimum absolute atomic E-state index is 0. The van der Waals surface area contributed by atoms with E-state index in [9.17, 15) is 0 Å². The first-order valence-corrected chi connectivity index (χ1v) is 24.0. The van der Waals surface area contributed by atoms with Crippen LogP contribution in [0.25, 0.3) is 0 Å². The molecule has 65 heavy (non-hydrogen) atoms. The molecule has 0 radical (unpaired) electrons. The van der Waals surface area contributed by atoms with E-state index in [4.69, 9.17) is 18.9 Å². The molecular weight excluding hydrogens is 832 g/mol. The van der Waals surface area contributed by atoms with Gasteiger partial charge in [-0.2, -0.15) is 0 Å². The van der Waals surface area contributed by atoms with E-state index >= 15 is 0 Å². The van der Waals surface area contributed by atoms with E-state index in [2.05, 4.69) is 146 Å². The molecule has 6 heteroatoms. The van der Waals surface area contributed by atoms with Gasteiger partial charge in [0, 0.05) is 11.1 Å². The van der Waals surface area contributed by atoms with Gasteiger partial charge in [-0.25, -0.2) is 18.6 Å². The van der Waals surface area contributed by atoms with Crippen molar-refractivity contribution in [2.24, 2.45) is 0 Å². The van der Waals surface area contributed by atoms with Crippen molar-refractivity contribution in [2.45, 2.75) is 200 Å². The quantitative estimate of drug-likeness (QED) is 0.0500. The Labute approximate surface area is 425 Å². The Morgan fingerprint density at radius 2 is 0.785 bits per heavy atom. The van der Waals surface area contributed by atoms with Crippen LogP contribution < -0.4 is 31.4 Å². The summed E-state index contributed by atoms with van der Waals surface area (Å²) in [5.74, 6) is 2.53. The van der Waals surface area contributed by atoms with E-state index < -0.39 is 0 Å². The van der Waals surface area contributed by atoms with Gasteiger partial charge in [0.25, 0.3) is 0 Å². The van der Waals surface area contributed by atoms with Crippen molar-refractivity contribution in [1.29, 1.82) is 0 Å². The van der Waals surface area contributed by atoms with Crippen molar-refractivity contribution in [3.05, 3.63) is 123 Å². The second-order valence-corrected chi connectivity index (χ2v) is 17.5. The van der Waals surface area contributed by atoms with Crippen molar-refractivity contribution in [3.8, 4) is 23.0 Å². The van der Waals surface area contributed by atoms with Crippen molar-refractivity contribution in [2.75, 3.05) is 28.4 Å². The van der Waals surface area contributed by atoms with Gasteiger partial charge in [0.05, 0.1) is 28.4 Å². The summed E-state index contributed by atoms with van der Waals surface area (Å²) in [5.41, 5.74) is 15.3. The average Bonchev–Trinajstić information content (AvgIpc) is 3.25. The summed E-state index contributed by atoms with van der Waals surface area (Å²) in [4.78, 5) is 0. The van der Waals surface area contributed by atoms with E-state index in [-0.39, 0.29) is 35.5 Å². The molecule has 366 valence electrons. The monoisotopic (exact) mass is 929 g/mol. The predicted octanol–water partition coefficient (Wildman–Crippen LogP) is 15.4. The zero-order valence-electron chi connectivity index (χ0n) is 45.4. The van der Waals surface area contributed by atoms with Crippen molar-refractivity contribution >= 4 is 23.1 Å². The maximum Gasteiger partial charge on any atom is 2.00 e. The minimum atomic E-state index is 0. The molecule has 1 aromatic carbocycles. The topological polar surface area (TPSA) is 36.9 Å². The number of rotatable bonds is 27. The Bertz CT molecular complexity index is 1710. The van der Waals surface area contributed by atoms with Crippen molar-refractivity contribution in [3.63, 3.8) is 0 Å². The Morgan fingerprint density at radius 1 is 0.446 bits per heavy atom. The molecule has 0 spiro atoms. The number of methoxy groups -OCH3 is 4.